The first-order valence-corrected chi connectivity index (χ1v) is 27.6. The third-order valence-electron chi connectivity index (χ3n) is 10.5. The van der Waals surface area contributed by atoms with Crippen LogP contribution in [0.1, 0.15) is 84.2 Å². The Morgan fingerprint density at radius 2 is 1.43 bits per heavy atom. The summed E-state index contributed by atoms with van der Waals surface area (Å²) < 4.78 is 44.5. The van der Waals surface area contributed by atoms with Crippen LogP contribution in [-0.2, 0) is 20.1 Å². The van der Waals surface area contributed by atoms with E-state index in [0.717, 1.165) is 64.8 Å². The molecular weight excluding hydrogens is 968 g/mol. The zero-order valence-electron chi connectivity index (χ0n) is 37.6. The molecule has 0 fully saturated rings. The Labute approximate surface area is 369 Å². The van der Waals surface area contributed by atoms with Gasteiger partial charge in [0.15, 0.2) is 0 Å². The monoisotopic (exact) mass is 1020 g/mol. The van der Waals surface area contributed by atoms with Crippen LogP contribution in [0.4, 0.5) is 4.39 Å². The van der Waals surface area contributed by atoms with Crippen LogP contribution in [0.15, 0.2) is 128 Å². The molecule has 5 aromatic carbocycles. The molecule has 0 N–H and O–H groups in total. The van der Waals surface area contributed by atoms with Gasteiger partial charge < -0.3 is 4.98 Å². The van der Waals surface area contributed by atoms with E-state index in [9.17, 15) is 4.39 Å². The molecule has 0 spiro atoms. The van der Waals surface area contributed by atoms with Crippen LogP contribution in [0.3, 0.4) is 0 Å². The first-order valence-electron chi connectivity index (χ1n) is 20.9. The van der Waals surface area contributed by atoms with E-state index >= 15 is 0 Å². The summed E-state index contributed by atoms with van der Waals surface area (Å²) in [5.41, 5.74) is 10.1. The van der Waals surface area contributed by atoms with Gasteiger partial charge in [-0.25, -0.2) is 4.39 Å². The van der Waals surface area contributed by atoms with Crippen molar-refractivity contribution in [3.05, 3.63) is 173 Å². The van der Waals surface area contributed by atoms with Crippen molar-refractivity contribution in [1.29, 1.82) is 0 Å². The molecule has 0 aliphatic carbocycles. The zero-order valence-corrected chi connectivity index (χ0v) is 39.9. The Balaban J connectivity index is 0.000000290. The number of aryl methyl sites for hydroxylation is 1. The molecule has 1 atom stereocenters. The van der Waals surface area contributed by atoms with Gasteiger partial charge in [-0.05, 0) is 85.2 Å². The van der Waals surface area contributed by atoms with Crippen molar-refractivity contribution >= 4 is 49.2 Å². The number of halogens is 1. The Morgan fingerprint density at radius 3 is 2.09 bits per heavy atom. The van der Waals surface area contributed by atoms with Crippen molar-refractivity contribution in [1.82, 2.24) is 9.97 Å². The third kappa shape index (κ3) is 9.29. The fourth-order valence-electron chi connectivity index (χ4n) is 7.51. The van der Waals surface area contributed by atoms with Gasteiger partial charge in [0.1, 0.15) is 5.82 Å². The van der Waals surface area contributed by atoms with E-state index in [1.54, 1.807) is 36.6 Å². The number of benzene rings is 5. The second-order valence-electron chi connectivity index (χ2n) is 16.1. The maximum atomic E-state index is 14.0. The van der Waals surface area contributed by atoms with Gasteiger partial charge in [-0.1, -0.05) is 88.5 Å². The second-order valence-corrected chi connectivity index (χ2v) is 27.7. The maximum absolute atomic E-state index is 14.0. The molecule has 297 valence electrons. The van der Waals surface area contributed by atoms with Gasteiger partial charge in [0.25, 0.3) is 0 Å². The third-order valence-corrected chi connectivity index (χ3v) is 16.1. The summed E-state index contributed by atoms with van der Waals surface area (Å²) in [5.74, 6) is 4.02. The standard InChI is InChI=1S/C37H33FNS.C15H18GeN.Ir/c1-22(2)29-11-7-12-30(23(3)4)36(29)27-15-16-31-32-13-8-14-33(37(32)40-35(31)21-27)34-20-26(17-18-39-34)24(5)25-9-6-10-28(38)19-25;1-12-10-15(13-8-6-5-7-9-13)17-11-14(12)16(2,3)4;/h6-13,15-24H,1-5H3;5-8,10-11H,1-4H3;/q2*-1;/i22D,23D,24D;;. The molecule has 3 aromatic heterocycles. The van der Waals surface area contributed by atoms with Gasteiger partial charge in [-0.3, -0.25) is 0 Å². The summed E-state index contributed by atoms with van der Waals surface area (Å²) in [4.78, 5) is 9.27. The van der Waals surface area contributed by atoms with Crippen LogP contribution in [-0.4, -0.2) is 23.2 Å². The maximum Gasteiger partial charge on any atom is 0.123 e. The van der Waals surface area contributed by atoms with E-state index in [1.807, 2.05) is 82.3 Å². The molecule has 0 bridgehead atoms. The van der Waals surface area contributed by atoms with Crippen LogP contribution >= 0.6 is 11.3 Å². The first kappa shape index (κ1) is 39.2. The molecule has 8 aromatic rings. The SMILES string of the molecule is Cc1cc(-c2[c-]cccc2)nc[c]1[Ge]([CH3])([CH3])[CH3].[2H]C(C)(C)c1cccc(C([2H])(C)C)c1-c1ccc2c(c1)sc1c(-c3cc(C([2H])(C)c4cccc(F)c4)ccn3)[c-]ccc12.[Ir]. The predicted octanol–water partition coefficient (Wildman–Crippen LogP) is 14.5. The molecule has 6 heteroatoms. The van der Waals surface area contributed by atoms with E-state index < -0.39 is 30.9 Å². The number of rotatable bonds is 8. The van der Waals surface area contributed by atoms with Crippen LogP contribution in [0, 0.1) is 24.9 Å². The number of pyridine rings is 2. The van der Waals surface area contributed by atoms with E-state index in [0.29, 0.717) is 11.3 Å². The molecule has 0 amide bonds. The van der Waals surface area contributed by atoms with Gasteiger partial charge in [-0.15, -0.1) is 23.8 Å². The van der Waals surface area contributed by atoms with Gasteiger partial charge in [0, 0.05) is 41.0 Å². The summed E-state index contributed by atoms with van der Waals surface area (Å²) in [7, 11) is 0. The van der Waals surface area contributed by atoms with E-state index in [4.69, 9.17) is 4.11 Å². The summed E-state index contributed by atoms with van der Waals surface area (Å²) in [6.45, 7) is 11.5. The van der Waals surface area contributed by atoms with Gasteiger partial charge in [-0.2, -0.15) is 11.3 Å². The van der Waals surface area contributed by atoms with Crippen LogP contribution in [0.2, 0.25) is 17.3 Å². The summed E-state index contributed by atoms with van der Waals surface area (Å²) in [5, 5.41) is 2.22. The average Bonchev–Trinajstić information content (AvgIpc) is 3.58. The zero-order chi connectivity index (χ0) is 43.2. The number of nitrogens with zero attached hydrogens (tertiary/aromatic N) is 2. The predicted molar refractivity (Wildman–Crippen MR) is 245 cm³/mol. The van der Waals surface area contributed by atoms with Crippen molar-refractivity contribution in [2.75, 3.05) is 0 Å². The number of fused-ring (bicyclic) bond motifs is 3. The Morgan fingerprint density at radius 1 is 0.707 bits per heavy atom. The van der Waals surface area contributed by atoms with Crippen LogP contribution in [0.5, 0.6) is 0 Å². The molecule has 3 heterocycles. The first-order chi connectivity index (χ1) is 28.2. The number of hydrogen-bond acceptors (Lipinski definition) is 3. The molecule has 1 radical (unpaired) electrons. The van der Waals surface area contributed by atoms with Crippen LogP contribution < -0.4 is 4.40 Å². The minimum absolute atomic E-state index is 0. The van der Waals surface area contributed by atoms with E-state index in [2.05, 4.69) is 88.9 Å². The minimum Gasteiger partial charge on any atom is -0.305 e. The van der Waals surface area contributed by atoms with Crippen molar-refractivity contribution in [3.8, 4) is 33.6 Å². The molecule has 2 nitrogen and oxygen atoms in total. The number of aromatic nitrogens is 2. The fourth-order valence-corrected chi connectivity index (χ4v) is 12.3. The van der Waals surface area contributed by atoms with Crippen LogP contribution in [0.25, 0.3) is 53.8 Å². The molecule has 0 aliphatic rings. The minimum atomic E-state index is -1.77. The topological polar surface area (TPSA) is 25.8 Å². The van der Waals surface area contributed by atoms with Crippen molar-refractivity contribution < 1.29 is 28.6 Å². The summed E-state index contributed by atoms with van der Waals surface area (Å²) in [6.07, 6.45) is 3.78. The van der Waals surface area contributed by atoms with Gasteiger partial charge in [0.2, 0.25) is 0 Å². The van der Waals surface area contributed by atoms with Gasteiger partial charge in [0.05, 0.1) is 0 Å². The molecule has 8 rings (SSSR count). The number of hydrogen-bond donors (Lipinski definition) is 0. The van der Waals surface area contributed by atoms with Gasteiger partial charge >= 0.3 is 106 Å². The summed E-state index contributed by atoms with van der Waals surface area (Å²) in [6, 6.07) is 43.1. The van der Waals surface area contributed by atoms with Crippen molar-refractivity contribution in [2.45, 2.75) is 76.5 Å². The largest absolute Gasteiger partial charge is 0.305 e. The van der Waals surface area contributed by atoms with Crippen molar-refractivity contribution in [2.24, 2.45) is 0 Å². The Hall–Kier alpha value is -4.26. The molecule has 0 aliphatic heterocycles. The molecule has 0 saturated carbocycles. The smallest absolute Gasteiger partial charge is 0.123 e. The molecule has 1 unspecified atom stereocenters. The molecular formula is C52H51FGeIrN2S-2. The van der Waals surface area contributed by atoms with E-state index in [1.165, 1.54) is 22.1 Å². The molecule has 58 heavy (non-hydrogen) atoms. The fraction of sp³-hybridized carbons (Fsp3) is 0.231. The summed E-state index contributed by atoms with van der Waals surface area (Å²) >= 11 is -0.104. The quantitative estimate of drug-likeness (QED) is 0.112. The average molecular weight is 1020 g/mol. The Kier molecular flexibility index (Phi) is 12.4. The molecule has 0 saturated heterocycles. The van der Waals surface area contributed by atoms with E-state index in [-0.39, 0.29) is 25.9 Å². The second kappa shape index (κ2) is 18.3. The number of thiophene rings is 1. The normalized spacial score (nSPS) is 13.7. The van der Waals surface area contributed by atoms with Crippen molar-refractivity contribution in [3.63, 3.8) is 0 Å². The Bertz CT molecular complexity index is 2810.